The number of aliphatic hydroxyl groups excluding tert-OH is 1. The average molecular weight is 901 g/mol. The molecule has 1 aromatic carbocycles. The van der Waals surface area contributed by atoms with Crippen molar-refractivity contribution in [3.8, 4) is 0 Å². The molecule has 4 rings (SSSR count). The first-order valence-electron chi connectivity index (χ1n) is 19.6. The Labute approximate surface area is 360 Å². The van der Waals surface area contributed by atoms with Gasteiger partial charge in [-0.1, -0.05) is 30.3 Å². The second-order valence-electron chi connectivity index (χ2n) is 14.4. The maximum Gasteiger partial charge on any atom is 0.303 e. The fourth-order valence-corrected chi connectivity index (χ4v) is 6.84. The lowest BCUT2D eigenvalue weighted by Gasteiger charge is -2.48. The van der Waals surface area contributed by atoms with Crippen LogP contribution in [0.3, 0.4) is 0 Å². The summed E-state index contributed by atoms with van der Waals surface area (Å²) in [5.74, 6) is -6.94. The lowest BCUT2D eigenvalue weighted by molar-refractivity contribution is -0.375. The maximum absolute atomic E-state index is 12.6. The van der Waals surface area contributed by atoms with E-state index in [1.54, 1.807) is 30.3 Å². The monoisotopic (exact) mass is 900 g/mol. The molecule has 1 aromatic rings. The topological polar surface area (TPSA) is 286 Å². The first kappa shape index (κ1) is 50.3. The highest BCUT2D eigenvalue weighted by molar-refractivity contribution is 5.70. The lowest BCUT2D eigenvalue weighted by atomic mass is 9.97. The van der Waals surface area contributed by atoms with Gasteiger partial charge in [-0.2, -0.15) is 0 Å². The molecule has 0 spiro atoms. The van der Waals surface area contributed by atoms with Crippen LogP contribution in [0.2, 0.25) is 0 Å². The van der Waals surface area contributed by atoms with Crippen molar-refractivity contribution in [2.75, 3.05) is 19.8 Å². The van der Waals surface area contributed by atoms with Gasteiger partial charge in [0.2, 0.25) is 0 Å². The molecule has 3 aliphatic heterocycles. The predicted molar refractivity (Wildman–Crippen MR) is 201 cm³/mol. The summed E-state index contributed by atoms with van der Waals surface area (Å²) in [5, 5.41) is 12.2. The number of hydrogen-bond donors (Lipinski definition) is 1. The second kappa shape index (κ2) is 23.4. The molecule has 3 heterocycles. The molecule has 3 saturated heterocycles. The summed E-state index contributed by atoms with van der Waals surface area (Å²) < 4.78 is 80.0. The molecule has 23 heteroatoms. The fourth-order valence-electron chi connectivity index (χ4n) is 6.84. The minimum Gasteiger partial charge on any atom is -0.463 e. The quantitative estimate of drug-likeness (QED) is 0.157. The minimum absolute atomic E-state index is 0.109. The van der Waals surface area contributed by atoms with Gasteiger partial charge in [-0.25, -0.2) is 0 Å². The van der Waals surface area contributed by atoms with Gasteiger partial charge in [0.05, 0.1) is 13.2 Å². The van der Waals surface area contributed by atoms with E-state index in [2.05, 4.69) is 0 Å². The Kier molecular flexibility index (Phi) is 18.7. The number of benzene rings is 1. The van der Waals surface area contributed by atoms with Crippen molar-refractivity contribution in [2.45, 2.75) is 148 Å². The number of ether oxygens (including phenoxy) is 14. The summed E-state index contributed by atoms with van der Waals surface area (Å²) in [6, 6.07) is 8.75. The van der Waals surface area contributed by atoms with Crippen LogP contribution >= 0.6 is 0 Å². The summed E-state index contributed by atoms with van der Waals surface area (Å²) in [6.07, 6.45) is -22.8. The molecule has 0 aromatic heterocycles. The zero-order valence-corrected chi connectivity index (χ0v) is 35.7. The Bertz CT molecular complexity index is 1770. The van der Waals surface area contributed by atoms with Crippen molar-refractivity contribution >= 4 is 47.8 Å². The third-order valence-electron chi connectivity index (χ3n) is 9.16. The van der Waals surface area contributed by atoms with Gasteiger partial charge in [0.25, 0.3) is 0 Å². The summed E-state index contributed by atoms with van der Waals surface area (Å²) in [6.45, 7) is 6.63. The molecule has 23 nitrogen and oxygen atoms in total. The Hall–Kier alpha value is -5.30. The number of aliphatic hydroxyl groups is 1. The summed E-state index contributed by atoms with van der Waals surface area (Å²) in [5.41, 5.74) is 0.664. The van der Waals surface area contributed by atoms with Gasteiger partial charge >= 0.3 is 47.8 Å². The first-order chi connectivity index (χ1) is 29.7. The first-order valence-corrected chi connectivity index (χ1v) is 19.6. The van der Waals surface area contributed by atoms with Crippen molar-refractivity contribution < 1.29 is 110 Å². The highest BCUT2D eigenvalue weighted by atomic mass is 16.8. The molecule has 0 amide bonds. The Morgan fingerprint density at radius 3 is 1.32 bits per heavy atom. The van der Waals surface area contributed by atoms with E-state index in [0.29, 0.717) is 5.56 Å². The van der Waals surface area contributed by atoms with Crippen molar-refractivity contribution in [3.63, 3.8) is 0 Å². The van der Waals surface area contributed by atoms with Crippen molar-refractivity contribution in [2.24, 2.45) is 0 Å². The molecule has 1 N–H and O–H groups in total. The van der Waals surface area contributed by atoms with E-state index in [1.165, 1.54) is 0 Å². The van der Waals surface area contributed by atoms with E-state index in [1.807, 2.05) is 0 Å². The molecule has 0 bridgehead atoms. The number of rotatable bonds is 17. The van der Waals surface area contributed by atoms with Gasteiger partial charge in [0.1, 0.15) is 43.7 Å². The van der Waals surface area contributed by atoms with Crippen LogP contribution in [-0.4, -0.2) is 159 Å². The van der Waals surface area contributed by atoms with Crippen LogP contribution in [-0.2, 0) is 111 Å². The third-order valence-corrected chi connectivity index (χ3v) is 9.16. The molecule has 0 radical (unpaired) electrons. The zero-order chi connectivity index (χ0) is 46.5. The van der Waals surface area contributed by atoms with Crippen LogP contribution in [0.1, 0.15) is 61.0 Å². The van der Waals surface area contributed by atoms with Crippen LogP contribution in [0.15, 0.2) is 30.3 Å². The van der Waals surface area contributed by atoms with E-state index < -0.39 is 154 Å². The van der Waals surface area contributed by atoms with E-state index >= 15 is 0 Å². The van der Waals surface area contributed by atoms with Gasteiger partial charge in [0, 0.05) is 55.4 Å². The van der Waals surface area contributed by atoms with Crippen LogP contribution in [0, 0.1) is 0 Å². The van der Waals surface area contributed by atoms with E-state index in [0.717, 1.165) is 55.4 Å². The van der Waals surface area contributed by atoms with Crippen molar-refractivity contribution in [1.82, 2.24) is 0 Å². The van der Waals surface area contributed by atoms with Crippen LogP contribution in [0.4, 0.5) is 0 Å². The molecule has 3 fully saturated rings. The van der Waals surface area contributed by atoms with Gasteiger partial charge in [0.15, 0.2) is 55.5 Å². The van der Waals surface area contributed by atoms with Crippen LogP contribution in [0.5, 0.6) is 0 Å². The van der Waals surface area contributed by atoms with Crippen molar-refractivity contribution in [3.05, 3.63) is 35.9 Å². The van der Waals surface area contributed by atoms with Gasteiger partial charge in [-0.05, 0) is 5.56 Å². The van der Waals surface area contributed by atoms with Crippen molar-refractivity contribution in [1.29, 1.82) is 0 Å². The summed E-state index contributed by atoms with van der Waals surface area (Å²) in [7, 11) is 0. The largest absolute Gasteiger partial charge is 0.463 e. The standard InChI is InChI=1S/C40H52O23/c1-18(41)50-16-28-31(54-20(3)43)34(56-22(5)45)36(58-24(7)47)39(61-28)60-27-15-53-38(52-14-26-12-10-9-11-13-26)33(30(27)49)63-40-37(59-25(8)48)35(57-23(6)46)32(55-21(4)44)29(62-40)17-51-19(2)42/h9-13,27-40,49H,14-17H2,1-8H3/t27-,28+,29+,30-,31+,32+,33+,34-,35-,36+,37+,38+,39+,40-/m0/s1. The normalized spacial score (nSPS) is 31.6. The lowest BCUT2D eigenvalue weighted by Crippen LogP contribution is -2.66. The molecule has 0 aliphatic carbocycles. The highest BCUT2D eigenvalue weighted by Gasteiger charge is 2.57. The smallest absolute Gasteiger partial charge is 0.303 e. The predicted octanol–water partition coefficient (Wildman–Crippen LogP) is -0.143. The Morgan fingerprint density at radius 2 is 0.905 bits per heavy atom. The van der Waals surface area contributed by atoms with E-state index in [9.17, 15) is 43.5 Å². The molecule has 3 aliphatic rings. The van der Waals surface area contributed by atoms with Crippen LogP contribution in [0.25, 0.3) is 0 Å². The molecule has 0 saturated carbocycles. The third kappa shape index (κ3) is 14.9. The second-order valence-corrected chi connectivity index (χ2v) is 14.4. The Morgan fingerprint density at radius 1 is 0.508 bits per heavy atom. The van der Waals surface area contributed by atoms with Gasteiger partial charge in [-0.15, -0.1) is 0 Å². The minimum atomic E-state index is -1.85. The zero-order valence-electron chi connectivity index (χ0n) is 35.7. The molecule has 0 unspecified atom stereocenters. The molecule has 350 valence electrons. The number of esters is 8. The summed E-state index contributed by atoms with van der Waals surface area (Å²) >= 11 is 0. The van der Waals surface area contributed by atoms with Gasteiger partial charge < -0.3 is 71.4 Å². The maximum atomic E-state index is 12.6. The number of hydrogen-bond acceptors (Lipinski definition) is 23. The fraction of sp³-hybridized carbons (Fsp3) is 0.650. The Balaban J connectivity index is 1.77. The molecular weight excluding hydrogens is 848 g/mol. The summed E-state index contributed by atoms with van der Waals surface area (Å²) in [4.78, 5) is 98.2. The average Bonchev–Trinajstić information content (AvgIpc) is 3.18. The van der Waals surface area contributed by atoms with Crippen LogP contribution < -0.4 is 0 Å². The highest BCUT2D eigenvalue weighted by Crippen LogP contribution is 2.36. The number of carbonyl (C=O) groups is 8. The molecular formula is C40H52O23. The van der Waals surface area contributed by atoms with E-state index in [4.69, 9.17) is 66.3 Å². The molecule has 63 heavy (non-hydrogen) atoms. The van der Waals surface area contributed by atoms with Gasteiger partial charge in [-0.3, -0.25) is 38.4 Å². The SMILES string of the molecule is CC(=O)OC[C@H]1O[C@@H](O[C@H]2[C@H](OCc3ccccc3)OC[C@H](O[C@@H]3O[C@H](COC(C)=O)[C@@H](OC(C)=O)[C@H](OC(C)=O)[C@H]3OC(C)=O)[C@@H]2O)[C@H](OC(C)=O)[C@@H](OC(C)=O)[C@@H]1OC(C)=O. The van der Waals surface area contributed by atoms with E-state index in [-0.39, 0.29) is 6.61 Å². The molecule has 14 atom stereocenters. The number of carbonyl (C=O) groups excluding carboxylic acids is 8.